The summed E-state index contributed by atoms with van der Waals surface area (Å²) in [4.78, 5) is 32.5. The van der Waals surface area contributed by atoms with Gasteiger partial charge < -0.3 is 9.47 Å². The maximum absolute atomic E-state index is 11.1. The van der Waals surface area contributed by atoms with Crippen LogP contribution >= 0.6 is 0 Å². The van der Waals surface area contributed by atoms with Gasteiger partial charge in [-0.15, -0.1) is 0 Å². The normalized spacial score (nSPS) is 31.5. The average Bonchev–Trinajstić information content (AvgIpc) is 2.12. The molecule has 1 aliphatic carbocycles. The molecule has 0 aromatic heterocycles. The van der Waals surface area contributed by atoms with E-state index in [1.165, 1.54) is 13.8 Å². The number of ether oxygens (including phenoxy) is 2. The fraction of sp³-hybridized carbons (Fsp3) is 0.818. The molecule has 0 radical (unpaired) electrons. The zero-order chi connectivity index (χ0) is 13.9. The Morgan fingerprint density at radius 2 is 1.50 bits per heavy atom. The van der Waals surface area contributed by atoms with E-state index in [2.05, 4.69) is 0 Å². The van der Waals surface area contributed by atoms with Crippen LogP contribution in [0.25, 0.3) is 0 Å². The second-order valence-corrected chi connectivity index (χ2v) is 4.65. The Morgan fingerprint density at radius 3 is 1.78 bits per heavy atom. The Kier molecular flexibility index (Phi) is 4.63. The Balaban J connectivity index is 2.89. The van der Waals surface area contributed by atoms with Crippen LogP contribution in [0, 0.1) is 16.0 Å². The van der Waals surface area contributed by atoms with E-state index in [-0.39, 0.29) is 5.92 Å². The number of nitro groups is 1. The van der Waals surface area contributed by atoms with Gasteiger partial charge in [0.05, 0.1) is 0 Å². The SMILES string of the molecule is CC(=O)OC1CC(C)CC(OC(C)=O)C1[N+](=O)[O-]. The van der Waals surface area contributed by atoms with Crippen LogP contribution in [0.4, 0.5) is 0 Å². The van der Waals surface area contributed by atoms with Gasteiger partial charge in [0.1, 0.15) is 0 Å². The van der Waals surface area contributed by atoms with Gasteiger partial charge in [-0.2, -0.15) is 0 Å². The van der Waals surface area contributed by atoms with Crippen molar-refractivity contribution in [1.29, 1.82) is 0 Å². The lowest BCUT2D eigenvalue weighted by atomic mass is 9.83. The Bertz CT molecular complexity index is 329. The molecule has 102 valence electrons. The largest absolute Gasteiger partial charge is 0.455 e. The van der Waals surface area contributed by atoms with Crippen molar-refractivity contribution in [3.05, 3.63) is 10.1 Å². The molecule has 2 unspecified atom stereocenters. The minimum atomic E-state index is -1.19. The number of esters is 2. The fourth-order valence-corrected chi connectivity index (χ4v) is 2.34. The molecule has 0 saturated heterocycles. The highest BCUT2D eigenvalue weighted by Crippen LogP contribution is 2.30. The maximum Gasteiger partial charge on any atom is 0.303 e. The maximum atomic E-state index is 11.1. The summed E-state index contributed by atoms with van der Waals surface area (Å²) in [6.07, 6.45) is -0.873. The Morgan fingerprint density at radius 1 is 1.11 bits per heavy atom. The molecule has 0 aliphatic heterocycles. The van der Waals surface area contributed by atoms with Gasteiger partial charge >= 0.3 is 11.9 Å². The van der Waals surface area contributed by atoms with Crippen LogP contribution in [0.3, 0.4) is 0 Å². The molecule has 18 heavy (non-hydrogen) atoms. The van der Waals surface area contributed by atoms with Gasteiger partial charge in [-0.1, -0.05) is 6.92 Å². The van der Waals surface area contributed by atoms with Crippen molar-refractivity contribution in [2.75, 3.05) is 0 Å². The van der Waals surface area contributed by atoms with Crippen LogP contribution in [-0.4, -0.2) is 35.1 Å². The molecule has 0 aromatic rings. The van der Waals surface area contributed by atoms with Crippen molar-refractivity contribution in [3.8, 4) is 0 Å². The second kappa shape index (κ2) is 5.79. The van der Waals surface area contributed by atoms with Gasteiger partial charge in [-0.25, -0.2) is 0 Å². The summed E-state index contributed by atoms with van der Waals surface area (Å²) in [5.41, 5.74) is 0. The molecule has 1 aliphatic rings. The lowest BCUT2D eigenvalue weighted by molar-refractivity contribution is -0.549. The van der Waals surface area contributed by atoms with Gasteiger partial charge in [0, 0.05) is 18.8 Å². The number of hydrogen-bond acceptors (Lipinski definition) is 6. The van der Waals surface area contributed by atoms with Crippen LogP contribution in [0.1, 0.15) is 33.6 Å². The van der Waals surface area contributed by atoms with Crippen LogP contribution in [-0.2, 0) is 19.1 Å². The summed E-state index contributed by atoms with van der Waals surface area (Å²) >= 11 is 0. The number of rotatable bonds is 3. The molecule has 0 amide bonds. The average molecular weight is 259 g/mol. The van der Waals surface area contributed by atoms with Crippen LogP contribution < -0.4 is 0 Å². The minimum Gasteiger partial charge on any atom is -0.455 e. The topological polar surface area (TPSA) is 95.7 Å². The number of carbonyl (C=O) groups is 2. The molecule has 0 aromatic carbocycles. The van der Waals surface area contributed by atoms with Crippen molar-refractivity contribution in [1.82, 2.24) is 0 Å². The first-order valence-electron chi connectivity index (χ1n) is 5.79. The predicted molar refractivity (Wildman–Crippen MR) is 60.3 cm³/mol. The van der Waals surface area contributed by atoms with Crippen LogP contribution in [0.5, 0.6) is 0 Å². The molecule has 2 atom stereocenters. The summed E-state index contributed by atoms with van der Waals surface area (Å²) < 4.78 is 9.95. The van der Waals surface area contributed by atoms with Gasteiger partial charge in [0.2, 0.25) is 0 Å². The zero-order valence-corrected chi connectivity index (χ0v) is 10.6. The van der Waals surface area contributed by atoms with Gasteiger partial charge in [0.25, 0.3) is 6.04 Å². The zero-order valence-electron chi connectivity index (χ0n) is 10.6. The van der Waals surface area contributed by atoms with Gasteiger partial charge in [-0.3, -0.25) is 19.7 Å². The summed E-state index contributed by atoms with van der Waals surface area (Å²) in [5, 5.41) is 11.1. The monoisotopic (exact) mass is 259 g/mol. The van der Waals surface area contributed by atoms with E-state index in [1.807, 2.05) is 6.92 Å². The lowest BCUT2D eigenvalue weighted by Crippen LogP contribution is -2.51. The molecular formula is C11H17NO6. The van der Waals surface area contributed by atoms with E-state index in [0.717, 1.165) is 0 Å². The van der Waals surface area contributed by atoms with Crippen molar-refractivity contribution < 1.29 is 24.0 Å². The molecule has 0 N–H and O–H groups in total. The third-order valence-corrected chi connectivity index (χ3v) is 2.91. The fourth-order valence-electron chi connectivity index (χ4n) is 2.34. The number of hydrogen-bond donors (Lipinski definition) is 0. The first-order valence-corrected chi connectivity index (χ1v) is 5.79. The predicted octanol–water partition coefficient (Wildman–Crippen LogP) is 0.925. The first kappa shape index (κ1) is 14.4. The smallest absolute Gasteiger partial charge is 0.303 e. The molecule has 7 nitrogen and oxygen atoms in total. The summed E-state index contributed by atoms with van der Waals surface area (Å²) in [6.45, 7) is 4.29. The van der Waals surface area contributed by atoms with Crippen molar-refractivity contribution in [3.63, 3.8) is 0 Å². The summed E-state index contributed by atoms with van der Waals surface area (Å²) in [5.74, 6) is -1.04. The summed E-state index contributed by atoms with van der Waals surface area (Å²) in [6, 6.07) is -1.19. The molecular weight excluding hydrogens is 242 g/mol. The second-order valence-electron chi connectivity index (χ2n) is 4.65. The van der Waals surface area contributed by atoms with E-state index in [0.29, 0.717) is 12.8 Å². The van der Waals surface area contributed by atoms with E-state index >= 15 is 0 Å². The molecule has 1 fully saturated rings. The van der Waals surface area contributed by atoms with E-state index < -0.39 is 35.1 Å². The van der Waals surface area contributed by atoms with Crippen LogP contribution in [0.2, 0.25) is 0 Å². The Hall–Kier alpha value is -1.66. The standard InChI is InChI=1S/C11H17NO6/c1-6-4-9(17-7(2)13)11(12(15)16)10(5-6)18-8(3)14/h6,9-11H,4-5H2,1-3H3. The lowest BCUT2D eigenvalue weighted by Gasteiger charge is -2.34. The Labute approximate surface area is 105 Å². The van der Waals surface area contributed by atoms with Crippen LogP contribution in [0.15, 0.2) is 0 Å². The first-order chi connectivity index (χ1) is 8.31. The highest BCUT2D eigenvalue weighted by molar-refractivity contribution is 5.67. The van der Waals surface area contributed by atoms with Crippen molar-refractivity contribution in [2.45, 2.75) is 51.9 Å². The molecule has 1 saturated carbocycles. The quantitative estimate of drug-likeness (QED) is 0.425. The third-order valence-electron chi connectivity index (χ3n) is 2.91. The van der Waals surface area contributed by atoms with Crippen molar-refractivity contribution >= 4 is 11.9 Å². The molecule has 0 bridgehead atoms. The van der Waals surface area contributed by atoms with Gasteiger partial charge in [0.15, 0.2) is 12.2 Å². The van der Waals surface area contributed by atoms with Gasteiger partial charge in [-0.05, 0) is 18.8 Å². The number of carbonyl (C=O) groups excluding carboxylic acids is 2. The molecule has 0 heterocycles. The highest BCUT2D eigenvalue weighted by atomic mass is 16.6. The molecule has 1 rings (SSSR count). The van der Waals surface area contributed by atoms with E-state index in [9.17, 15) is 19.7 Å². The summed E-state index contributed by atoms with van der Waals surface area (Å²) in [7, 11) is 0. The molecule has 0 spiro atoms. The van der Waals surface area contributed by atoms with Crippen molar-refractivity contribution in [2.24, 2.45) is 5.92 Å². The number of nitrogens with zero attached hydrogens (tertiary/aromatic N) is 1. The highest BCUT2D eigenvalue weighted by Gasteiger charge is 2.48. The molecule has 7 heteroatoms. The minimum absolute atomic E-state index is 0.0925. The van der Waals surface area contributed by atoms with E-state index in [4.69, 9.17) is 9.47 Å². The third kappa shape index (κ3) is 3.68. The van der Waals surface area contributed by atoms with E-state index in [1.54, 1.807) is 0 Å².